The van der Waals surface area contributed by atoms with Gasteiger partial charge >= 0.3 is 12.0 Å². The maximum atomic E-state index is 11.7. The van der Waals surface area contributed by atoms with Gasteiger partial charge in [-0.05, 0) is 31.3 Å². The second kappa shape index (κ2) is 8.68. The molecule has 7 nitrogen and oxygen atoms in total. The summed E-state index contributed by atoms with van der Waals surface area (Å²) in [6.07, 6.45) is 4.21. The summed E-state index contributed by atoms with van der Waals surface area (Å²) in [5, 5.41) is 13.7. The van der Waals surface area contributed by atoms with E-state index >= 15 is 0 Å². The molecule has 1 atom stereocenters. The molecule has 0 aromatic rings. The predicted molar refractivity (Wildman–Crippen MR) is 76.8 cm³/mol. The quantitative estimate of drug-likeness (QED) is 0.620. The van der Waals surface area contributed by atoms with E-state index in [1.54, 1.807) is 4.90 Å². The van der Waals surface area contributed by atoms with Gasteiger partial charge in [0, 0.05) is 13.1 Å². The van der Waals surface area contributed by atoms with E-state index in [1.165, 1.54) is 11.8 Å². The second-order valence-corrected chi connectivity index (χ2v) is 5.57. The van der Waals surface area contributed by atoms with Gasteiger partial charge in [-0.25, -0.2) is 9.59 Å². The molecule has 8 heteroatoms. The minimum atomic E-state index is -1.07. The van der Waals surface area contributed by atoms with E-state index in [9.17, 15) is 14.4 Å². The molecule has 114 valence electrons. The first-order chi connectivity index (χ1) is 9.54. The average molecular weight is 303 g/mol. The van der Waals surface area contributed by atoms with Gasteiger partial charge in [0.05, 0.1) is 6.54 Å². The number of hydrogen-bond donors (Lipinski definition) is 3. The van der Waals surface area contributed by atoms with Crippen LogP contribution in [0.3, 0.4) is 0 Å². The third-order valence-electron chi connectivity index (χ3n) is 3.07. The van der Waals surface area contributed by atoms with Crippen LogP contribution >= 0.6 is 11.8 Å². The number of aliphatic carboxylic acids is 1. The molecule has 0 radical (unpaired) electrons. The Balaban J connectivity index is 2.30. The summed E-state index contributed by atoms with van der Waals surface area (Å²) in [5.41, 5.74) is 0. The normalized spacial score (nSPS) is 15.8. The minimum absolute atomic E-state index is 0.0965. The number of amides is 3. The molecule has 0 spiro atoms. The van der Waals surface area contributed by atoms with E-state index in [1.807, 2.05) is 6.26 Å². The lowest BCUT2D eigenvalue weighted by atomic mass is 10.2. The number of nitrogens with zero attached hydrogens (tertiary/aromatic N) is 1. The van der Waals surface area contributed by atoms with Crippen LogP contribution in [0.2, 0.25) is 0 Å². The van der Waals surface area contributed by atoms with Gasteiger partial charge in [0.15, 0.2) is 0 Å². The van der Waals surface area contributed by atoms with Crippen molar-refractivity contribution in [3.05, 3.63) is 0 Å². The van der Waals surface area contributed by atoms with Gasteiger partial charge in [-0.3, -0.25) is 4.79 Å². The molecule has 0 aromatic carbocycles. The van der Waals surface area contributed by atoms with Gasteiger partial charge in [0.2, 0.25) is 5.91 Å². The van der Waals surface area contributed by atoms with Crippen molar-refractivity contribution in [1.82, 2.24) is 15.5 Å². The molecule has 0 unspecified atom stereocenters. The van der Waals surface area contributed by atoms with Crippen molar-refractivity contribution < 1.29 is 19.5 Å². The number of likely N-dealkylation sites (tertiary alicyclic amines) is 1. The summed E-state index contributed by atoms with van der Waals surface area (Å²) < 4.78 is 0. The zero-order valence-corrected chi connectivity index (χ0v) is 12.4. The van der Waals surface area contributed by atoms with Crippen LogP contribution in [-0.2, 0) is 9.59 Å². The molecule has 0 saturated carbocycles. The Morgan fingerprint density at radius 1 is 1.30 bits per heavy atom. The first-order valence-electron chi connectivity index (χ1n) is 6.58. The lowest BCUT2D eigenvalue weighted by molar-refractivity contribution is -0.139. The molecule has 1 heterocycles. The fraction of sp³-hybridized carbons (Fsp3) is 0.750. The first-order valence-corrected chi connectivity index (χ1v) is 7.98. The number of carbonyl (C=O) groups is 3. The molecule has 3 amide bonds. The van der Waals surface area contributed by atoms with E-state index in [0.29, 0.717) is 12.2 Å². The van der Waals surface area contributed by atoms with Crippen LogP contribution in [0.5, 0.6) is 0 Å². The van der Waals surface area contributed by atoms with Crippen molar-refractivity contribution in [3.63, 3.8) is 0 Å². The van der Waals surface area contributed by atoms with Crippen LogP contribution in [0.15, 0.2) is 0 Å². The fourth-order valence-corrected chi connectivity index (χ4v) is 2.41. The monoisotopic (exact) mass is 303 g/mol. The Morgan fingerprint density at radius 3 is 2.50 bits per heavy atom. The Hall–Kier alpha value is -1.44. The van der Waals surface area contributed by atoms with Crippen molar-refractivity contribution in [2.75, 3.05) is 31.6 Å². The Labute approximate surface area is 122 Å². The molecule has 1 aliphatic heterocycles. The Kier molecular flexibility index (Phi) is 7.21. The highest BCUT2D eigenvalue weighted by Crippen LogP contribution is 2.06. The van der Waals surface area contributed by atoms with Crippen molar-refractivity contribution in [2.45, 2.75) is 25.3 Å². The van der Waals surface area contributed by atoms with E-state index in [2.05, 4.69) is 10.6 Å². The lowest BCUT2D eigenvalue weighted by Gasteiger charge is -2.17. The molecule has 0 aliphatic carbocycles. The summed E-state index contributed by atoms with van der Waals surface area (Å²) in [5.74, 6) is -0.557. The number of carboxylic acid groups (broad SMARTS) is 1. The zero-order valence-electron chi connectivity index (χ0n) is 11.6. The topological polar surface area (TPSA) is 98.7 Å². The van der Waals surface area contributed by atoms with Crippen LogP contribution < -0.4 is 10.6 Å². The number of carboxylic acids is 1. The van der Waals surface area contributed by atoms with Gasteiger partial charge in [-0.2, -0.15) is 11.8 Å². The van der Waals surface area contributed by atoms with Crippen LogP contribution in [0.25, 0.3) is 0 Å². The van der Waals surface area contributed by atoms with Gasteiger partial charge < -0.3 is 20.6 Å². The second-order valence-electron chi connectivity index (χ2n) is 4.59. The maximum Gasteiger partial charge on any atom is 0.326 e. The number of carbonyl (C=O) groups excluding carboxylic acids is 2. The third kappa shape index (κ3) is 5.68. The van der Waals surface area contributed by atoms with Gasteiger partial charge in [0.25, 0.3) is 0 Å². The third-order valence-corrected chi connectivity index (χ3v) is 3.72. The molecule has 0 aromatic heterocycles. The van der Waals surface area contributed by atoms with Crippen molar-refractivity contribution in [3.8, 4) is 0 Å². The van der Waals surface area contributed by atoms with Crippen LogP contribution in [0, 0.1) is 0 Å². The summed E-state index contributed by atoms with van der Waals surface area (Å²) in [7, 11) is 0. The summed E-state index contributed by atoms with van der Waals surface area (Å²) in [6.45, 7) is 1.36. The summed E-state index contributed by atoms with van der Waals surface area (Å²) in [6, 6.07) is -1.55. The van der Waals surface area contributed by atoms with Crippen LogP contribution in [0.1, 0.15) is 19.3 Å². The van der Waals surface area contributed by atoms with Crippen molar-refractivity contribution in [2.24, 2.45) is 0 Å². The van der Waals surface area contributed by atoms with E-state index in [0.717, 1.165) is 25.9 Å². The molecule has 0 bridgehead atoms. The number of urea groups is 1. The number of thioether (sulfide) groups is 1. The SMILES string of the molecule is CSCC[C@H](NC(=O)NCC(=O)N1CCCC1)C(=O)O. The van der Waals surface area contributed by atoms with Crippen molar-refractivity contribution >= 4 is 29.7 Å². The largest absolute Gasteiger partial charge is 0.480 e. The molecule has 1 aliphatic rings. The molecule has 1 fully saturated rings. The van der Waals surface area contributed by atoms with E-state index in [-0.39, 0.29) is 12.5 Å². The highest BCUT2D eigenvalue weighted by Gasteiger charge is 2.21. The Bertz CT molecular complexity index is 359. The minimum Gasteiger partial charge on any atom is -0.480 e. The number of hydrogen-bond acceptors (Lipinski definition) is 4. The molecule has 20 heavy (non-hydrogen) atoms. The van der Waals surface area contributed by atoms with Crippen molar-refractivity contribution in [1.29, 1.82) is 0 Å². The maximum absolute atomic E-state index is 11.7. The molecular formula is C12H21N3O4S. The Morgan fingerprint density at radius 2 is 1.95 bits per heavy atom. The van der Waals surface area contributed by atoms with Gasteiger partial charge in [-0.15, -0.1) is 0 Å². The number of nitrogens with one attached hydrogen (secondary N) is 2. The first kappa shape index (κ1) is 16.6. The molecular weight excluding hydrogens is 282 g/mol. The summed E-state index contributed by atoms with van der Waals surface area (Å²) >= 11 is 1.51. The van der Waals surface area contributed by atoms with Crippen LogP contribution in [-0.4, -0.2) is 65.6 Å². The van der Waals surface area contributed by atoms with E-state index in [4.69, 9.17) is 5.11 Å². The fourth-order valence-electron chi connectivity index (χ4n) is 1.94. The lowest BCUT2D eigenvalue weighted by Crippen LogP contribution is -2.48. The standard InChI is InChI=1S/C12H21N3O4S/c1-20-7-4-9(11(17)18)14-12(19)13-8-10(16)15-5-2-3-6-15/h9H,2-8H2,1H3,(H,17,18)(H2,13,14,19)/t9-/m0/s1. The molecule has 1 rings (SSSR count). The van der Waals surface area contributed by atoms with Gasteiger partial charge in [-0.1, -0.05) is 0 Å². The smallest absolute Gasteiger partial charge is 0.326 e. The molecule has 1 saturated heterocycles. The van der Waals surface area contributed by atoms with Gasteiger partial charge in [0.1, 0.15) is 6.04 Å². The highest BCUT2D eigenvalue weighted by molar-refractivity contribution is 7.98. The summed E-state index contributed by atoms with van der Waals surface area (Å²) in [4.78, 5) is 35.9. The molecule has 3 N–H and O–H groups in total. The van der Waals surface area contributed by atoms with E-state index < -0.39 is 18.0 Å². The van der Waals surface area contributed by atoms with Crippen LogP contribution in [0.4, 0.5) is 4.79 Å². The average Bonchev–Trinajstić information content (AvgIpc) is 2.94. The number of rotatable bonds is 7. The highest BCUT2D eigenvalue weighted by atomic mass is 32.2. The predicted octanol–water partition coefficient (Wildman–Crippen LogP) is 0.114. The zero-order chi connectivity index (χ0) is 15.0.